The van der Waals surface area contributed by atoms with Gasteiger partial charge in [-0.25, -0.2) is 9.59 Å². The van der Waals surface area contributed by atoms with E-state index in [0.717, 1.165) is 0 Å². The van der Waals surface area contributed by atoms with Gasteiger partial charge in [-0.1, -0.05) is 18.7 Å². The molecule has 1 rings (SSSR count). The van der Waals surface area contributed by atoms with E-state index in [1.807, 2.05) is 0 Å². The fraction of sp³-hybridized carbons (Fsp3) is 0.167. The van der Waals surface area contributed by atoms with Crippen molar-refractivity contribution in [1.82, 2.24) is 0 Å². The number of carbonyl (C=O) groups is 2. The van der Waals surface area contributed by atoms with Crippen molar-refractivity contribution in [2.24, 2.45) is 0 Å². The Morgan fingerprint density at radius 1 is 1.19 bits per heavy atom. The number of rotatable bonds is 3. The van der Waals surface area contributed by atoms with E-state index in [-0.39, 0.29) is 0 Å². The number of benzene rings is 1. The van der Waals surface area contributed by atoms with Crippen LogP contribution in [0.25, 0.3) is 6.08 Å². The van der Waals surface area contributed by atoms with E-state index in [1.54, 1.807) is 12.1 Å². The Morgan fingerprint density at radius 3 is 2.31 bits per heavy atom. The molecular formula is C12H12O4. The molecule has 1 aromatic carbocycles. The summed E-state index contributed by atoms with van der Waals surface area (Å²) in [5, 5.41) is 0. The molecule has 16 heavy (non-hydrogen) atoms. The summed E-state index contributed by atoms with van der Waals surface area (Å²) in [4.78, 5) is 22.7. The van der Waals surface area contributed by atoms with Crippen molar-refractivity contribution in [3.63, 3.8) is 0 Å². The van der Waals surface area contributed by atoms with Crippen LogP contribution in [-0.2, 0) is 9.47 Å². The number of ether oxygens (including phenoxy) is 2. The first kappa shape index (κ1) is 12.0. The van der Waals surface area contributed by atoms with E-state index in [0.29, 0.717) is 16.7 Å². The normalized spacial score (nSPS) is 9.38. The number of methoxy groups -OCH3 is 2. The van der Waals surface area contributed by atoms with Crippen LogP contribution in [0.5, 0.6) is 0 Å². The van der Waals surface area contributed by atoms with Gasteiger partial charge in [-0.2, -0.15) is 0 Å². The van der Waals surface area contributed by atoms with Gasteiger partial charge in [0.2, 0.25) is 0 Å². The van der Waals surface area contributed by atoms with Crippen molar-refractivity contribution < 1.29 is 19.1 Å². The van der Waals surface area contributed by atoms with Crippen LogP contribution in [0, 0.1) is 0 Å². The third kappa shape index (κ3) is 2.28. The van der Waals surface area contributed by atoms with Gasteiger partial charge in [0.05, 0.1) is 25.3 Å². The molecular weight excluding hydrogens is 208 g/mol. The van der Waals surface area contributed by atoms with Crippen LogP contribution in [0.1, 0.15) is 26.3 Å². The summed E-state index contributed by atoms with van der Waals surface area (Å²) >= 11 is 0. The zero-order valence-electron chi connectivity index (χ0n) is 9.15. The third-order valence-corrected chi connectivity index (χ3v) is 2.10. The van der Waals surface area contributed by atoms with E-state index in [2.05, 4.69) is 16.1 Å². The smallest absolute Gasteiger partial charge is 0.338 e. The molecule has 0 saturated heterocycles. The van der Waals surface area contributed by atoms with Crippen molar-refractivity contribution in [3.05, 3.63) is 41.5 Å². The molecule has 0 saturated carbocycles. The van der Waals surface area contributed by atoms with Crippen LogP contribution in [0.15, 0.2) is 24.8 Å². The third-order valence-electron chi connectivity index (χ3n) is 2.10. The summed E-state index contributed by atoms with van der Waals surface area (Å²) < 4.78 is 9.17. The second kappa shape index (κ2) is 5.11. The lowest BCUT2D eigenvalue weighted by molar-refractivity contribution is 0.0599. The molecule has 0 unspecified atom stereocenters. The molecule has 1 aromatic rings. The SMILES string of the molecule is C=Cc1ccc(C(=O)OC)cc1C(=O)OC. The Balaban J connectivity index is 3.26. The van der Waals surface area contributed by atoms with Crippen molar-refractivity contribution >= 4 is 18.0 Å². The monoisotopic (exact) mass is 220 g/mol. The maximum Gasteiger partial charge on any atom is 0.338 e. The summed E-state index contributed by atoms with van der Waals surface area (Å²) in [6, 6.07) is 4.61. The van der Waals surface area contributed by atoms with Gasteiger partial charge in [-0.3, -0.25) is 0 Å². The van der Waals surface area contributed by atoms with Crippen molar-refractivity contribution in [2.75, 3.05) is 14.2 Å². The molecule has 0 fully saturated rings. The number of carbonyl (C=O) groups excluding carboxylic acids is 2. The highest BCUT2D eigenvalue weighted by atomic mass is 16.5. The fourth-order valence-electron chi connectivity index (χ4n) is 1.27. The van der Waals surface area contributed by atoms with E-state index >= 15 is 0 Å². The van der Waals surface area contributed by atoms with Crippen molar-refractivity contribution in [1.29, 1.82) is 0 Å². The summed E-state index contributed by atoms with van der Waals surface area (Å²) in [5.74, 6) is -1.01. The van der Waals surface area contributed by atoms with Crippen LogP contribution in [0.4, 0.5) is 0 Å². The average molecular weight is 220 g/mol. The van der Waals surface area contributed by atoms with Crippen LogP contribution >= 0.6 is 0 Å². The highest BCUT2D eigenvalue weighted by Gasteiger charge is 2.14. The quantitative estimate of drug-likeness (QED) is 0.730. The van der Waals surface area contributed by atoms with Gasteiger partial charge in [0.25, 0.3) is 0 Å². The Bertz CT molecular complexity index is 435. The molecule has 0 amide bonds. The van der Waals surface area contributed by atoms with E-state index in [9.17, 15) is 9.59 Å². The molecule has 0 N–H and O–H groups in total. The van der Waals surface area contributed by atoms with Gasteiger partial charge in [0.1, 0.15) is 0 Å². The molecule has 4 nitrogen and oxygen atoms in total. The lowest BCUT2D eigenvalue weighted by Gasteiger charge is -2.06. The molecule has 0 spiro atoms. The first-order valence-corrected chi connectivity index (χ1v) is 4.57. The van der Waals surface area contributed by atoms with Crippen LogP contribution in [-0.4, -0.2) is 26.2 Å². The lowest BCUT2D eigenvalue weighted by Crippen LogP contribution is -2.08. The molecule has 0 aliphatic carbocycles. The number of esters is 2. The second-order valence-electron chi connectivity index (χ2n) is 2.99. The van der Waals surface area contributed by atoms with E-state index < -0.39 is 11.9 Å². The molecule has 0 atom stereocenters. The standard InChI is InChI=1S/C12H12O4/c1-4-8-5-6-9(11(13)15-2)7-10(8)12(14)16-3/h4-7H,1H2,2-3H3. The summed E-state index contributed by atoms with van der Waals surface area (Å²) in [5.41, 5.74) is 1.20. The zero-order valence-corrected chi connectivity index (χ0v) is 9.15. The fourth-order valence-corrected chi connectivity index (χ4v) is 1.27. The molecule has 0 aliphatic rings. The molecule has 0 radical (unpaired) electrons. The summed E-state index contributed by atoms with van der Waals surface area (Å²) in [7, 11) is 2.56. The topological polar surface area (TPSA) is 52.6 Å². The Labute approximate surface area is 93.5 Å². The Morgan fingerprint density at radius 2 is 1.81 bits per heavy atom. The Hall–Kier alpha value is -2.10. The Kier molecular flexibility index (Phi) is 3.83. The van der Waals surface area contributed by atoms with E-state index in [4.69, 9.17) is 0 Å². The van der Waals surface area contributed by atoms with Crippen LogP contribution in [0.2, 0.25) is 0 Å². The molecule has 4 heteroatoms. The van der Waals surface area contributed by atoms with Gasteiger partial charge in [-0.05, 0) is 17.7 Å². The van der Waals surface area contributed by atoms with Crippen molar-refractivity contribution in [2.45, 2.75) is 0 Å². The highest BCUT2D eigenvalue weighted by molar-refractivity contribution is 5.98. The largest absolute Gasteiger partial charge is 0.465 e. The van der Waals surface area contributed by atoms with Crippen LogP contribution in [0.3, 0.4) is 0 Å². The van der Waals surface area contributed by atoms with E-state index in [1.165, 1.54) is 26.4 Å². The minimum Gasteiger partial charge on any atom is -0.465 e. The molecule has 0 aromatic heterocycles. The molecule has 0 heterocycles. The predicted molar refractivity (Wildman–Crippen MR) is 59.2 cm³/mol. The number of hydrogen-bond donors (Lipinski definition) is 0. The first-order chi connectivity index (χ1) is 7.63. The summed E-state index contributed by atoms with van der Waals surface area (Å²) in [6.07, 6.45) is 1.52. The lowest BCUT2D eigenvalue weighted by atomic mass is 10.0. The summed E-state index contributed by atoms with van der Waals surface area (Å²) in [6.45, 7) is 3.58. The van der Waals surface area contributed by atoms with Gasteiger partial charge in [0.15, 0.2) is 0 Å². The maximum atomic E-state index is 11.4. The van der Waals surface area contributed by atoms with Gasteiger partial charge in [-0.15, -0.1) is 0 Å². The van der Waals surface area contributed by atoms with Crippen LogP contribution < -0.4 is 0 Å². The second-order valence-corrected chi connectivity index (χ2v) is 2.99. The predicted octanol–water partition coefficient (Wildman–Crippen LogP) is 1.90. The minimum atomic E-state index is -0.513. The molecule has 84 valence electrons. The van der Waals surface area contributed by atoms with Gasteiger partial charge < -0.3 is 9.47 Å². The number of hydrogen-bond acceptors (Lipinski definition) is 4. The minimum absolute atomic E-state index is 0.292. The highest BCUT2D eigenvalue weighted by Crippen LogP contribution is 2.15. The van der Waals surface area contributed by atoms with Gasteiger partial charge >= 0.3 is 11.9 Å². The molecule has 0 aliphatic heterocycles. The van der Waals surface area contributed by atoms with Crippen molar-refractivity contribution in [3.8, 4) is 0 Å². The zero-order chi connectivity index (χ0) is 12.1. The average Bonchev–Trinajstić information content (AvgIpc) is 2.35. The van der Waals surface area contributed by atoms with Gasteiger partial charge in [0, 0.05) is 0 Å². The molecule has 0 bridgehead atoms. The maximum absolute atomic E-state index is 11.4. The first-order valence-electron chi connectivity index (χ1n) is 4.57.